The maximum absolute atomic E-state index is 15.4. The fraction of sp³-hybridized carbons (Fsp3) is 0.615. The van der Waals surface area contributed by atoms with Gasteiger partial charge in [-0.25, -0.2) is 23.9 Å². The molecule has 2 saturated heterocycles. The number of ether oxygens (including phenoxy) is 1. The summed E-state index contributed by atoms with van der Waals surface area (Å²) in [5, 5.41) is -2.57. The molecule has 0 aliphatic carbocycles. The Kier molecular flexibility index (Phi) is 4.22. The number of phosphoric acid groups is 1. The average Bonchev–Trinajstić information content (AvgIpc) is 3.07. The molecule has 0 radical (unpaired) electrons. The molecule has 2 aromatic heterocycles. The lowest BCUT2D eigenvalue weighted by atomic mass is 10.1. The summed E-state index contributed by atoms with van der Waals surface area (Å²) >= 11 is 6.13. The monoisotopic (exact) mass is 407 g/mol. The molecule has 0 bridgehead atoms. The van der Waals surface area contributed by atoms with Crippen LogP contribution in [0.3, 0.4) is 0 Å². The highest BCUT2D eigenvalue weighted by Crippen LogP contribution is 2.61. The molecule has 4 heterocycles. The average molecular weight is 408 g/mol. The van der Waals surface area contributed by atoms with Crippen LogP contribution in [0.2, 0.25) is 0 Å². The van der Waals surface area contributed by atoms with Crippen molar-refractivity contribution in [2.45, 2.75) is 43.5 Å². The number of anilines is 1. The standard InChI is InChI=1S/C13H16ClFN5O5P/c1-6(2)24-26(21)22-3-7-9(25-26)13(14,15)12(23-7)20-5-19-8-10(16)17-4-18-11(8)20/h4-7,9,12H,3H2,1-2H3,(H2,16,17,18)/t7-,9-,12-,13+,26+/m1/s1. The largest absolute Gasteiger partial charge is 0.475 e. The van der Waals surface area contributed by atoms with E-state index in [-0.39, 0.29) is 23.6 Å². The normalized spacial score (nSPS) is 37.3. The number of nitrogen functional groups attached to an aromatic ring is 1. The van der Waals surface area contributed by atoms with E-state index in [1.165, 1.54) is 17.2 Å². The predicted molar refractivity (Wildman–Crippen MR) is 88.0 cm³/mol. The molecule has 10 nitrogen and oxygen atoms in total. The fourth-order valence-electron chi connectivity index (χ4n) is 2.92. The second-order valence-electron chi connectivity index (χ2n) is 6.21. The molecule has 0 amide bonds. The van der Waals surface area contributed by atoms with Crippen molar-refractivity contribution < 1.29 is 27.3 Å². The third-order valence-corrected chi connectivity index (χ3v) is 6.00. The van der Waals surface area contributed by atoms with Crippen LogP contribution in [0.15, 0.2) is 12.7 Å². The summed E-state index contributed by atoms with van der Waals surface area (Å²) in [6.45, 7) is 3.10. The van der Waals surface area contributed by atoms with Crippen molar-refractivity contribution in [2.75, 3.05) is 12.3 Å². The summed E-state index contributed by atoms with van der Waals surface area (Å²) in [4.78, 5) is 11.9. The first kappa shape index (κ1) is 18.0. The van der Waals surface area contributed by atoms with Gasteiger partial charge < -0.3 is 10.5 Å². The smallest absolute Gasteiger partial charge is 0.382 e. The lowest BCUT2D eigenvalue weighted by molar-refractivity contribution is -0.0733. The highest BCUT2D eigenvalue weighted by atomic mass is 35.5. The highest BCUT2D eigenvalue weighted by molar-refractivity contribution is 7.48. The summed E-state index contributed by atoms with van der Waals surface area (Å²) in [5.41, 5.74) is 6.27. The Labute approximate surface area is 152 Å². The van der Waals surface area contributed by atoms with E-state index in [0.29, 0.717) is 0 Å². The van der Waals surface area contributed by atoms with Crippen molar-refractivity contribution in [2.24, 2.45) is 0 Å². The van der Waals surface area contributed by atoms with Crippen LogP contribution in [0.25, 0.3) is 11.2 Å². The van der Waals surface area contributed by atoms with Gasteiger partial charge >= 0.3 is 7.82 Å². The van der Waals surface area contributed by atoms with Gasteiger partial charge in [-0.15, -0.1) is 0 Å². The molecule has 142 valence electrons. The summed E-state index contributed by atoms with van der Waals surface area (Å²) in [6, 6.07) is 0. The third kappa shape index (κ3) is 2.79. The van der Waals surface area contributed by atoms with E-state index in [4.69, 9.17) is 35.6 Å². The van der Waals surface area contributed by atoms with E-state index < -0.39 is 37.5 Å². The molecule has 2 aliphatic rings. The van der Waals surface area contributed by atoms with Crippen molar-refractivity contribution in [1.82, 2.24) is 19.5 Å². The molecule has 26 heavy (non-hydrogen) atoms. The van der Waals surface area contributed by atoms with Crippen LogP contribution in [0.1, 0.15) is 20.1 Å². The number of aromatic nitrogens is 4. The molecule has 0 unspecified atom stereocenters. The van der Waals surface area contributed by atoms with Crippen LogP contribution in [0.5, 0.6) is 0 Å². The number of phosphoric ester groups is 1. The SMILES string of the molecule is CC(C)O[P@]1(=O)OC[C@H]2O[C@@H](n3cnc4c(N)ncnc43)[C@](F)(Cl)[C@@H]2O1. The topological polar surface area (TPSA) is 124 Å². The first-order chi connectivity index (χ1) is 12.2. The third-order valence-electron chi connectivity index (χ3n) is 3.97. The predicted octanol–water partition coefficient (Wildman–Crippen LogP) is 2.16. The van der Waals surface area contributed by atoms with Gasteiger partial charge in [0.25, 0.3) is 5.13 Å². The molecular weight excluding hydrogens is 392 g/mol. The molecule has 2 aliphatic heterocycles. The van der Waals surface area contributed by atoms with Crippen molar-refractivity contribution in [3.05, 3.63) is 12.7 Å². The van der Waals surface area contributed by atoms with Crippen LogP contribution < -0.4 is 5.73 Å². The van der Waals surface area contributed by atoms with Crippen LogP contribution in [-0.2, 0) is 22.9 Å². The fourth-order valence-corrected chi connectivity index (χ4v) is 4.91. The number of rotatable bonds is 3. The maximum atomic E-state index is 15.4. The Balaban J connectivity index is 1.68. The zero-order chi connectivity index (χ0) is 18.7. The molecule has 0 spiro atoms. The first-order valence-corrected chi connectivity index (χ1v) is 9.63. The Morgan fingerprint density at radius 3 is 3.00 bits per heavy atom. The van der Waals surface area contributed by atoms with Crippen LogP contribution >= 0.6 is 19.4 Å². The molecule has 2 aromatic rings. The van der Waals surface area contributed by atoms with E-state index >= 15 is 4.39 Å². The van der Waals surface area contributed by atoms with Crippen molar-refractivity contribution >= 4 is 36.4 Å². The maximum Gasteiger partial charge on any atom is 0.475 e. The van der Waals surface area contributed by atoms with Gasteiger partial charge in [0.2, 0.25) is 0 Å². The second-order valence-corrected chi connectivity index (χ2v) is 8.36. The lowest BCUT2D eigenvalue weighted by Crippen LogP contribution is -2.43. The highest BCUT2D eigenvalue weighted by Gasteiger charge is 2.63. The molecule has 4 rings (SSSR count). The number of fused-ring (bicyclic) bond motifs is 2. The van der Waals surface area contributed by atoms with Crippen LogP contribution in [0.4, 0.5) is 10.2 Å². The van der Waals surface area contributed by atoms with Gasteiger partial charge in [0.1, 0.15) is 17.9 Å². The van der Waals surface area contributed by atoms with Gasteiger partial charge in [-0.05, 0) is 13.8 Å². The van der Waals surface area contributed by atoms with Gasteiger partial charge in [0.15, 0.2) is 23.8 Å². The van der Waals surface area contributed by atoms with E-state index in [0.717, 1.165) is 0 Å². The molecular formula is C13H16ClFN5O5P. The van der Waals surface area contributed by atoms with E-state index in [1.54, 1.807) is 13.8 Å². The summed E-state index contributed by atoms with van der Waals surface area (Å²) < 4.78 is 50.5. The minimum atomic E-state index is -3.95. The van der Waals surface area contributed by atoms with Gasteiger partial charge in [-0.2, -0.15) is 0 Å². The minimum absolute atomic E-state index is 0.137. The quantitative estimate of drug-likeness (QED) is 0.602. The Hall–Kier alpha value is -1.36. The summed E-state index contributed by atoms with van der Waals surface area (Å²) in [6.07, 6.45) is -1.55. The number of imidazole rings is 1. The van der Waals surface area contributed by atoms with Crippen molar-refractivity contribution in [3.63, 3.8) is 0 Å². The molecule has 13 heteroatoms. The number of hydrogen-bond donors (Lipinski definition) is 1. The summed E-state index contributed by atoms with van der Waals surface area (Å²) in [7, 11) is -3.95. The van der Waals surface area contributed by atoms with Gasteiger partial charge in [0.05, 0.1) is 19.0 Å². The first-order valence-electron chi connectivity index (χ1n) is 7.79. The van der Waals surface area contributed by atoms with Gasteiger partial charge in [-0.1, -0.05) is 11.6 Å². The van der Waals surface area contributed by atoms with Gasteiger partial charge in [-0.3, -0.25) is 18.1 Å². The number of alkyl halides is 2. The number of nitrogens with two attached hydrogens (primary N) is 1. The van der Waals surface area contributed by atoms with E-state index in [2.05, 4.69) is 15.0 Å². The Morgan fingerprint density at radius 1 is 1.50 bits per heavy atom. The number of halogens is 2. The second kappa shape index (κ2) is 6.08. The number of hydrogen-bond acceptors (Lipinski definition) is 9. The Bertz CT molecular complexity index is 895. The van der Waals surface area contributed by atoms with E-state index in [9.17, 15) is 4.57 Å². The Morgan fingerprint density at radius 2 is 2.27 bits per heavy atom. The molecule has 5 atom stereocenters. The lowest BCUT2D eigenvalue weighted by Gasteiger charge is -2.33. The van der Waals surface area contributed by atoms with Crippen molar-refractivity contribution in [3.8, 4) is 0 Å². The van der Waals surface area contributed by atoms with Crippen LogP contribution in [0, 0.1) is 0 Å². The molecule has 2 N–H and O–H groups in total. The summed E-state index contributed by atoms with van der Waals surface area (Å²) in [5.74, 6) is 0.137. The zero-order valence-corrected chi connectivity index (χ0v) is 15.4. The molecule has 0 aromatic carbocycles. The minimum Gasteiger partial charge on any atom is -0.382 e. The van der Waals surface area contributed by atoms with Crippen molar-refractivity contribution in [1.29, 1.82) is 0 Å². The molecule has 2 fully saturated rings. The van der Waals surface area contributed by atoms with Gasteiger partial charge in [0, 0.05) is 0 Å². The van der Waals surface area contributed by atoms with E-state index in [1.807, 2.05) is 0 Å². The zero-order valence-electron chi connectivity index (χ0n) is 13.8. The van der Waals surface area contributed by atoms with Crippen LogP contribution in [-0.4, -0.2) is 49.6 Å². The molecule has 0 saturated carbocycles. The number of nitrogens with zero attached hydrogens (tertiary/aromatic N) is 4.